The molecule has 0 bridgehead atoms. The molecular weight excluding hydrogens is 134 g/mol. The summed E-state index contributed by atoms with van der Waals surface area (Å²) in [7, 11) is 0. The minimum atomic E-state index is 0.205. The molecule has 1 heteroatoms. The summed E-state index contributed by atoms with van der Waals surface area (Å²) in [6, 6.07) is 0.205. The van der Waals surface area contributed by atoms with Gasteiger partial charge in [-0.2, -0.15) is 0 Å². The van der Waals surface area contributed by atoms with Crippen molar-refractivity contribution >= 4 is 0 Å². The second-order valence-corrected chi connectivity index (χ2v) is 3.31. The molecule has 67 valence electrons. The summed E-state index contributed by atoms with van der Waals surface area (Å²) in [4.78, 5) is 0. The van der Waals surface area contributed by atoms with E-state index < -0.39 is 0 Å². The molecule has 0 aromatic rings. The van der Waals surface area contributed by atoms with Crippen LogP contribution < -0.4 is 5.73 Å². The third kappa shape index (κ3) is 7.86. The summed E-state index contributed by atoms with van der Waals surface area (Å²) in [5, 5.41) is 0. The van der Waals surface area contributed by atoms with Crippen LogP contribution in [0.1, 0.15) is 58.8 Å². The second-order valence-electron chi connectivity index (χ2n) is 3.31. The van der Waals surface area contributed by atoms with E-state index in [2.05, 4.69) is 13.8 Å². The van der Waals surface area contributed by atoms with E-state index in [4.69, 9.17) is 5.73 Å². The summed E-state index contributed by atoms with van der Waals surface area (Å²) in [6.45, 7) is 4.34. The standard InChI is InChI=1S/C10H22N/c1-3-5-6-7-8-9-10(11)4-2/h10-11H,3-9H2,1-2H3. The van der Waals surface area contributed by atoms with Gasteiger partial charge in [0.15, 0.2) is 0 Å². The quantitative estimate of drug-likeness (QED) is 0.504. The first-order chi connectivity index (χ1) is 5.31. The van der Waals surface area contributed by atoms with Gasteiger partial charge in [-0.05, 0) is 12.8 Å². The van der Waals surface area contributed by atoms with Gasteiger partial charge in [0.1, 0.15) is 0 Å². The number of hydrogen-bond donors (Lipinski definition) is 0. The van der Waals surface area contributed by atoms with Crippen LogP contribution in [0.25, 0.3) is 0 Å². The Labute approximate surface area is 71.4 Å². The molecule has 0 fully saturated rings. The lowest BCUT2D eigenvalue weighted by Crippen LogP contribution is -2.05. The maximum Gasteiger partial charge on any atom is 0.0210 e. The van der Waals surface area contributed by atoms with Crippen LogP contribution in [0.2, 0.25) is 0 Å². The van der Waals surface area contributed by atoms with E-state index in [0.29, 0.717) is 0 Å². The highest BCUT2D eigenvalue weighted by Gasteiger charge is 1.98. The van der Waals surface area contributed by atoms with E-state index in [-0.39, 0.29) is 6.04 Å². The highest BCUT2D eigenvalue weighted by atomic mass is 14.6. The Morgan fingerprint density at radius 2 is 1.64 bits per heavy atom. The highest BCUT2D eigenvalue weighted by Crippen LogP contribution is 2.07. The topological polar surface area (TPSA) is 23.8 Å². The zero-order chi connectivity index (χ0) is 8.53. The average molecular weight is 156 g/mol. The first-order valence-electron chi connectivity index (χ1n) is 5.02. The smallest absolute Gasteiger partial charge is 0.0210 e. The molecule has 1 radical (unpaired) electrons. The van der Waals surface area contributed by atoms with Gasteiger partial charge in [0, 0.05) is 6.04 Å². The lowest BCUT2D eigenvalue weighted by atomic mass is 10.1. The van der Waals surface area contributed by atoms with Crippen LogP contribution in [-0.4, -0.2) is 6.04 Å². The van der Waals surface area contributed by atoms with Gasteiger partial charge in [0.05, 0.1) is 0 Å². The van der Waals surface area contributed by atoms with Crippen LogP contribution in [0, 0.1) is 0 Å². The van der Waals surface area contributed by atoms with Gasteiger partial charge in [-0.15, -0.1) is 0 Å². The molecule has 1 N–H and O–H groups in total. The minimum absolute atomic E-state index is 0.205. The first-order valence-corrected chi connectivity index (χ1v) is 5.02. The van der Waals surface area contributed by atoms with Crippen LogP contribution in [0.3, 0.4) is 0 Å². The molecule has 0 aromatic carbocycles. The molecule has 0 amide bonds. The largest absolute Gasteiger partial charge is 0.255 e. The number of unbranched alkanes of at least 4 members (excludes halogenated alkanes) is 4. The molecule has 0 saturated carbocycles. The van der Waals surface area contributed by atoms with E-state index >= 15 is 0 Å². The Balaban J connectivity index is 2.89. The molecule has 1 unspecified atom stereocenters. The summed E-state index contributed by atoms with van der Waals surface area (Å²) >= 11 is 0. The highest BCUT2D eigenvalue weighted by molar-refractivity contribution is 4.56. The summed E-state index contributed by atoms with van der Waals surface area (Å²) in [5.74, 6) is 0. The van der Waals surface area contributed by atoms with Gasteiger partial charge < -0.3 is 0 Å². The molecule has 1 atom stereocenters. The first kappa shape index (κ1) is 11.0. The third-order valence-electron chi connectivity index (χ3n) is 2.15. The van der Waals surface area contributed by atoms with Crippen LogP contribution >= 0.6 is 0 Å². The molecule has 0 aliphatic rings. The fourth-order valence-corrected chi connectivity index (χ4v) is 1.20. The number of rotatable bonds is 7. The molecule has 11 heavy (non-hydrogen) atoms. The number of nitrogens with one attached hydrogen (secondary N) is 1. The minimum Gasteiger partial charge on any atom is -0.255 e. The van der Waals surface area contributed by atoms with Crippen LogP contribution in [0.4, 0.5) is 0 Å². The monoisotopic (exact) mass is 156 g/mol. The molecule has 0 aliphatic carbocycles. The Morgan fingerprint density at radius 1 is 1.00 bits per heavy atom. The van der Waals surface area contributed by atoms with Crippen molar-refractivity contribution in [2.24, 2.45) is 0 Å². The predicted molar refractivity (Wildman–Crippen MR) is 50.6 cm³/mol. The molecule has 1 nitrogen and oxygen atoms in total. The summed E-state index contributed by atoms with van der Waals surface area (Å²) in [6.07, 6.45) is 8.79. The molecule has 0 saturated heterocycles. The third-order valence-corrected chi connectivity index (χ3v) is 2.15. The molecule has 0 aromatic heterocycles. The van der Waals surface area contributed by atoms with Gasteiger partial charge in [0.2, 0.25) is 0 Å². The molecule has 0 spiro atoms. The van der Waals surface area contributed by atoms with Crippen LogP contribution in [0.5, 0.6) is 0 Å². The normalized spacial score (nSPS) is 13.4. The van der Waals surface area contributed by atoms with Gasteiger partial charge >= 0.3 is 0 Å². The van der Waals surface area contributed by atoms with Crippen molar-refractivity contribution in [2.45, 2.75) is 64.8 Å². The Bertz CT molecular complexity index is 71.3. The van der Waals surface area contributed by atoms with E-state index in [9.17, 15) is 0 Å². The van der Waals surface area contributed by atoms with E-state index in [1.165, 1.54) is 32.1 Å². The predicted octanol–water partition coefficient (Wildman–Crippen LogP) is 3.41. The van der Waals surface area contributed by atoms with Gasteiger partial charge in [-0.25, -0.2) is 0 Å². The Hall–Kier alpha value is -0.0400. The Kier molecular flexibility index (Phi) is 8.03. The fourth-order valence-electron chi connectivity index (χ4n) is 1.20. The molecule has 0 rings (SSSR count). The van der Waals surface area contributed by atoms with E-state index in [0.717, 1.165) is 12.8 Å². The number of hydrogen-bond acceptors (Lipinski definition) is 0. The van der Waals surface area contributed by atoms with Crippen molar-refractivity contribution in [3.8, 4) is 0 Å². The van der Waals surface area contributed by atoms with Crippen LogP contribution in [-0.2, 0) is 0 Å². The zero-order valence-electron chi connectivity index (χ0n) is 8.03. The SMILES string of the molecule is CCCCCCCC([NH])CC. The van der Waals surface area contributed by atoms with Crippen molar-refractivity contribution in [1.82, 2.24) is 5.73 Å². The van der Waals surface area contributed by atoms with Crippen molar-refractivity contribution < 1.29 is 0 Å². The fraction of sp³-hybridized carbons (Fsp3) is 1.00. The maximum atomic E-state index is 7.50. The zero-order valence-corrected chi connectivity index (χ0v) is 8.03. The van der Waals surface area contributed by atoms with Crippen molar-refractivity contribution in [3.63, 3.8) is 0 Å². The molecule has 0 heterocycles. The van der Waals surface area contributed by atoms with Crippen molar-refractivity contribution in [3.05, 3.63) is 0 Å². The van der Waals surface area contributed by atoms with Gasteiger partial charge in [-0.1, -0.05) is 46.0 Å². The van der Waals surface area contributed by atoms with E-state index in [1.54, 1.807) is 0 Å². The second kappa shape index (κ2) is 8.06. The summed E-state index contributed by atoms with van der Waals surface area (Å²) in [5.41, 5.74) is 7.50. The molecule has 0 aliphatic heterocycles. The van der Waals surface area contributed by atoms with E-state index in [1.807, 2.05) is 0 Å². The van der Waals surface area contributed by atoms with Crippen LogP contribution in [0.15, 0.2) is 0 Å². The van der Waals surface area contributed by atoms with Crippen molar-refractivity contribution in [1.29, 1.82) is 0 Å². The van der Waals surface area contributed by atoms with Gasteiger partial charge in [0.25, 0.3) is 0 Å². The van der Waals surface area contributed by atoms with Crippen molar-refractivity contribution in [2.75, 3.05) is 0 Å². The summed E-state index contributed by atoms with van der Waals surface area (Å²) < 4.78 is 0. The molecular formula is C10H22N. The maximum absolute atomic E-state index is 7.50. The van der Waals surface area contributed by atoms with Gasteiger partial charge in [-0.3, -0.25) is 5.73 Å². The Morgan fingerprint density at radius 3 is 2.18 bits per heavy atom. The average Bonchev–Trinajstić information content (AvgIpc) is 2.04. The lowest BCUT2D eigenvalue weighted by molar-refractivity contribution is 0.521. The lowest BCUT2D eigenvalue weighted by Gasteiger charge is -2.05.